The Kier molecular flexibility index (Phi) is 3.34. The molecule has 0 bridgehead atoms. The van der Waals surface area contributed by atoms with E-state index >= 15 is 0 Å². The molecule has 0 aliphatic carbocycles. The molecule has 1 N–H and O–H groups in total. The van der Waals surface area contributed by atoms with Gasteiger partial charge < -0.3 is 14.8 Å². The van der Waals surface area contributed by atoms with Crippen molar-refractivity contribution in [2.45, 2.75) is 26.2 Å². The smallest absolute Gasteiger partial charge is 0.246 e. The Morgan fingerprint density at radius 1 is 1.00 bits per heavy atom. The first-order valence-corrected chi connectivity index (χ1v) is 7.31. The van der Waals surface area contributed by atoms with Crippen molar-refractivity contribution in [1.82, 2.24) is 0 Å². The third-order valence-corrected chi connectivity index (χ3v) is 3.59. The van der Waals surface area contributed by atoms with Crippen LogP contribution in [0.5, 0.6) is 11.5 Å². The highest BCUT2D eigenvalue weighted by atomic mass is 79.9. The van der Waals surface area contributed by atoms with Crippen LogP contribution in [-0.4, -0.2) is 5.79 Å². The number of nitrogens with one attached hydrogen (secondary N) is 1. The van der Waals surface area contributed by atoms with E-state index in [-0.39, 0.29) is 0 Å². The number of ether oxygens (including phenoxy) is 2. The maximum absolute atomic E-state index is 5.73. The summed E-state index contributed by atoms with van der Waals surface area (Å²) >= 11 is 3.44. The molecule has 0 spiro atoms. The van der Waals surface area contributed by atoms with Gasteiger partial charge in [0.1, 0.15) is 0 Å². The van der Waals surface area contributed by atoms with Gasteiger partial charge in [0.25, 0.3) is 0 Å². The Morgan fingerprint density at radius 3 is 2.45 bits per heavy atom. The monoisotopic (exact) mass is 333 g/mol. The third kappa shape index (κ3) is 2.90. The number of rotatable bonds is 3. The van der Waals surface area contributed by atoms with Crippen LogP contribution in [0.15, 0.2) is 46.9 Å². The van der Waals surface area contributed by atoms with E-state index < -0.39 is 5.79 Å². The zero-order valence-electron chi connectivity index (χ0n) is 11.4. The molecule has 0 atom stereocenters. The number of halogens is 1. The fourth-order valence-corrected chi connectivity index (χ4v) is 2.40. The summed E-state index contributed by atoms with van der Waals surface area (Å²) in [6.07, 6.45) is 0. The van der Waals surface area contributed by atoms with Gasteiger partial charge in [0, 0.05) is 36.6 Å². The SMILES string of the molecule is CC1(C)Oc2ccc(NCc3ccc(Br)cc3)cc2O1. The van der Waals surface area contributed by atoms with E-state index in [1.54, 1.807) is 0 Å². The van der Waals surface area contributed by atoms with Crippen LogP contribution in [0.1, 0.15) is 19.4 Å². The van der Waals surface area contributed by atoms with E-state index in [0.29, 0.717) is 0 Å². The minimum atomic E-state index is -0.577. The Morgan fingerprint density at radius 2 is 1.70 bits per heavy atom. The average molecular weight is 334 g/mol. The number of benzene rings is 2. The second-order valence-corrected chi connectivity index (χ2v) is 6.16. The summed E-state index contributed by atoms with van der Waals surface area (Å²) < 4.78 is 12.5. The Labute approximate surface area is 127 Å². The molecule has 0 saturated carbocycles. The fraction of sp³-hybridized carbons (Fsp3) is 0.250. The first-order valence-electron chi connectivity index (χ1n) is 6.52. The molecule has 0 aromatic heterocycles. The van der Waals surface area contributed by atoms with Gasteiger partial charge in [0.05, 0.1) is 0 Å². The molecule has 3 rings (SSSR count). The van der Waals surface area contributed by atoms with E-state index in [1.165, 1.54) is 5.56 Å². The molecule has 1 aliphatic rings. The van der Waals surface area contributed by atoms with Crippen LogP contribution in [0, 0.1) is 0 Å². The largest absolute Gasteiger partial charge is 0.449 e. The normalized spacial score (nSPS) is 15.2. The summed E-state index contributed by atoms with van der Waals surface area (Å²) in [4.78, 5) is 0. The summed E-state index contributed by atoms with van der Waals surface area (Å²) in [6, 6.07) is 14.2. The summed E-state index contributed by atoms with van der Waals surface area (Å²) in [5.74, 6) is 1.01. The predicted octanol–water partition coefficient (Wildman–Crippen LogP) is 4.57. The molecular formula is C16H16BrNO2. The van der Waals surface area contributed by atoms with Crippen molar-refractivity contribution >= 4 is 21.6 Å². The standard InChI is InChI=1S/C16H16BrNO2/c1-16(2)19-14-8-7-13(9-15(14)20-16)18-10-11-3-5-12(17)6-4-11/h3-9,18H,10H2,1-2H3. The zero-order chi connectivity index (χ0) is 14.2. The molecular weight excluding hydrogens is 318 g/mol. The lowest BCUT2D eigenvalue weighted by Gasteiger charge is -2.16. The quantitative estimate of drug-likeness (QED) is 0.892. The van der Waals surface area contributed by atoms with Gasteiger partial charge in [-0.2, -0.15) is 0 Å². The fourth-order valence-electron chi connectivity index (χ4n) is 2.14. The van der Waals surface area contributed by atoms with Crippen LogP contribution in [0.2, 0.25) is 0 Å². The summed E-state index contributed by atoms with van der Waals surface area (Å²) in [5, 5.41) is 3.39. The first-order chi connectivity index (χ1) is 9.52. The highest BCUT2D eigenvalue weighted by molar-refractivity contribution is 9.10. The van der Waals surface area contributed by atoms with Crippen molar-refractivity contribution < 1.29 is 9.47 Å². The summed E-state index contributed by atoms with van der Waals surface area (Å²) in [7, 11) is 0. The Bertz CT molecular complexity index is 623. The van der Waals surface area contributed by atoms with Gasteiger partial charge in [-0.3, -0.25) is 0 Å². The van der Waals surface area contributed by atoms with Gasteiger partial charge >= 0.3 is 0 Å². The van der Waals surface area contributed by atoms with E-state index in [9.17, 15) is 0 Å². The van der Waals surface area contributed by atoms with E-state index in [0.717, 1.165) is 28.2 Å². The van der Waals surface area contributed by atoms with Crippen LogP contribution in [-0.2, 0) is 6.54 Å². The van der Waals surface area contributed by atoms with Crippen LogP contribution in [0.25, 0.3) is 0 Å². The number of fused-ring (bicyclic) bond motifs is 1. The lowest BCUT2D eigenvalue weighted by atomic mass is 10.2. The van der Waals surface area contributed by atoms with Crippen molar-refractivity contribution in [2.75, 3.05) is 5.32 Å². The molecule has 2 aromatic carbocycles. The minimum absolute atomic E-state index is 0.577. The zero-order valence-corrected chi connectivity index (χ0v) is 13.0. The Balaban J connectivity index is 1.69. The predicted molar refractivity (Wildman–Crippen MR) is 83.2 cm³/mol. The molecule has 2 aromatic rings. The molecule has 0 unspecified atom stereocenters. The highest BCUT2D eigenvalue weighted by Gasteiger charge is 2.31. The average Bonchev–Trinajstić information content (AvgIpc) is 2.71. The molecule has 3 nitrogen and oxygen atoms in total. The lowest BCUT2D eigenvalue weighted by molar-refractivity contribution is -0.0431. The second-order valence-electron chi connectivity index (χ2n) is 5.25. The molecule has 0 saturated heterocycles. The van der Waals surface area contributed by atoms with Crippen molar-refractivity contribution in [1.29, 1.82) is 0 Å². The van der Waals surface area contributed by atoms with E-state index in [4.69, 9.17) is 9.47 Å². The molecule has 1 aliphatic heterocycles. The maximum atomic E-state index is 5.73. The molecule has 1 heterocycles. The van der Waals surface area contributed by atoms with E-state index in [1.807, 2.05) is 44.2 Å². The molecule has 20 heavy (non-hydrogen) atoms. The number of anilines is 1. The van der Waals surface area contributed by atoms with Crippen LogP contribution in [0.4, 0.5) is 5.69 Å². The van der Waals surface area contributed by atoms with Crippen molar-refractivity contribution in [3.8, 4) is 11.5 Å². The van der Waals surface area contributed by atoms with Gasteiger partial charge in [0.15, 0.2) is 11.5 Å². The third-order valence-electron chi connectivity index (χ3n) is 3.07. The summed E-state index contributed by atoms with van der Waals surface area (Å²) in [6.45, 7) is 4.58. The summed E-state index contributed by atoms with van der Waals surface area (Å²) in [5.41, 5.74) is 2.25. The number of hydrogen-bond acceptors (Lipinski definition) is 3. The van der Waals surface area contributed by atoms with Gasteiger partial charge in [-0.1, -0.05) is 28.1 Å². The van der Waals surface area contributed by atoms with Crippen LogP contribution < -0.4 is 14.8 Å². The first kappa shape index (κ1) is 13.3. The number of hydrogen-bond donors (Lipinski definition) is 1. The molecule has 0 radical (unpaired) electrons. The topological polar surface area (TPSA) is 30.5 Å². The molecule has 104 valence electrons. The second kappa shape index (κ2) is 5.02. The lowest BCUT2D eigenvalue weighted by Crippen LogP contribution is -2.29. The van der Waals surface area contributed by atoms with Gasteiger partial charge in [-0.15, -0.1) is 0 Å². The molecule has 0 fully saturated rings. The van der Waals surface area contributed by atoms with Crippen molar-refractivity contribution in [3.63, 3.8) is 0 Å². The van der Waals surface area contributed by atoms with Gasteiger partial charge in [0.2, 0.25) is 5.79 Å². The maximum Gasteiger partial charge on any atom is 0.246 e. The highest BCUT2D eigenvalue weighted by Crippen LogP contribution is 2.40. The minimum Gasteiger partial charge on any atom is -0.449 e. The Hall–Kier alpha value is -1.68. The molecule has 0 amide bonds. The van der Waals surface area contributed by atoms with Crippen LogP contribution in [0.3, 0.4) is 0 Å². The van der Waals surface area contributed by atoms with Crippen LogP contribution >= 0.6 is 15.9 Å². The van der Waals surface area contributed by atoms with Gasteiger partial charge in [-0.25, -0.2) is 0 Å². The van der Waals surface area contributed by atoms with Crippen molar-refractivity contribution in [3.05, 3.63) is 52.5 Å². The van der Waals surface area contributed by atoms with Gasteiger partial charge in [-0.05, 0) is 29.8 Å². The van der Waals surface area contributed by atoms with Crippen molar-refractivity contribution in [2.24, 2.45) is 0 Å². The molecule has 4 heteroatoms. The van der Waals surface area contributed by atoms with E-state index in [2.05, 4.69) is 33.4 Å².